The summed E-state index contributed by atoms with van der Waals surface area (Å²) in [6, 6.07) is 9.82. The highest BCUT2D eigenvalue weighted by Gasteiger charge is 2.19. The molecular formula is C17H15FN2O3S3. The number of hydrogen-bond donors (Lipinski definition) is 1. The van der Waals surface area contributed by atoms with Gasteiger partial charge in [-0.05, 0) is 17.5 Å². The molecule has 136 valence electrons. The number of carbonyl (C=O) groups excluding carboxylic acids is 1. The van der Waals surface area contributed by atoms with Crippen molar-refractivity contribution in [3.8, 4) is 9.88 Å². The molecule has 0 radical (unpaired) electrons. The van der Waals surface area contributed by atoms with Crippen LogP contribution in [0.3, 0.4) is 0 Å². The van der Waals surface area contributed by atoms with Crippen LogP contribution in [-0.2, 0) is 26.9 Å². The Bertz CT molecular complexity index is 998. The van der Waals surface area contributed by atoms with E-state index in [0.717, 1.165) is 9.88 Å². The SMILES string of the molecule is O=C(CS(=O)(=O)Cc1csc(-c2cccs2)n1)NCc1ccccc1F. The van der Waals surface area contributed by atoms with Gasteiger partial charge in [0.25, 0.3) is 0 Å². The van der Waals surface area contributed by atoms with Gasteiger partial charge in [0.2, 0.25) is 5.91 Å². The predicted octanol–water partition coefficient (Wildman–Crippen LogP) is 3.24. The van der Waals surface area contributed by atoms with Crippen LogP contribution in [0.5, 0.6) is 0 Å². The fourth-order valence-corrected chi connectivity index (χ4v) is 5.19. The van der Waals surface area contributed by atoms with Gasteiger partial charge < -0.3 is 5.32 Å². The molecule has 0 aliphatic heterocycles. The molecule has 2 aromatic heterocycles. The first-order valence-corrected chi connectivity index (χ1v) is 11.2. The van der Waals surface area contributed by atoms with Crippen LogP contribution in [0.25, 0.3) is 9.88 Å². The van der Waals surface area contributed by atoms with Crippen molar-refractivity contribution >= 4 is 38.4 Å². The Morgan fingerprint density at radius 1 is 1.15 bits per heavy atom. The minimum Gasteiger partial charge on any atom is -0.351 e. The van der Waals surface area contributed by atoms with Crippen LogP contribution >= 0.6 is 22.7 Å². The van der Waals surface area contributed by atoms with Crippen LogP contribution in [0.2, 0.25) is 0 Å². The van der Waals surface area contributed by atoms with E-state index in [2.05, 4.69) is 10.3 Å². The third-order valence-corrected chi connectivity index (χ3v) is 6.80. The van der Waals surface area contributed by atoms with Gasteiger partial charge in [0.05, 0.1) is 16.3 Å². The van der Waals surface area contributed by atoms with Gasteiger partial charge in [-0.15, -0.1) is 22.7 Å². The van der Waals surface area contributed by atoms with Crippen molar-refractivity contribution in [2.45, 2.75) is 12.3 Å². The van der Waals surface area contributed by atoms with Crippen molar-refractivity contribution in [1.29, 1.82) is 0 Å². The second-order valence-corrected chi connectivity index (χ2v) is 9.39. The number of amides is 1. The maximum Gasteiger partial charge on any atom is 0.235 e. The van der Waals surface area contributed by atoms with E-state index in [1.54, 1.807) is 17.5 Å². The second-order valence-electron chi connectivity index (χ2n) is 5.52. The average molecular weight is 411 g/mol. The maximum absolute atomic E-state index is 13.5. The Morgan fingerprint density at radius 3 is 2.69 bits per heavy atom. The van der Waals surface area contributed by atoms with Gasteiger partial charge in [0, 0.05) is 17.5 Å². The van der Waals surface area contributed by atoms with Crippen molar-refractivity contribution < 1.29 is 17.6 Å². The molecule has 2 heterocycles. The molecule has 1 N–H and O–H groups in total. The first-order valence-electron chi connectivity index (χ1n) is 7.62. The molecule has 0 atom stereocenters. The summed E-state index contributed by atoms with van der Waals surface area (Å²) in [6.45, 7) is -0.0553. The van der Waals surface area contributed by atoms with Crippen LogP contribution in [0.4, 0.5) is 4.39 Å². The molecule has 0 aliphatic rings. The number of aromatic nitrogens is 1. The lowest BCUT2D eigenvalue weighted by molar-refractivity contribution is -0.118. The first-order chi connectivity index (χ1) is 12.4. The van der Waals surface area contributed by atoms with Crippen molar-refractivity contribution in [1.82, 2.24) is 10.3 Å². The normalized spacial score (nSPS) is 11.4. The molecule has 1 amide bonds. The summed E-state index contributed by atoms with van der Waals surface area (Å²) in [6.07, 6.45) is 0. The number of hydrogen-bond acceptors (Lipinski definition) is 6. The Kier molecular flexibility index (Phi) is 5.80. The summed E-state index contributed by atoms with van der Waals surface area (Å²) in [4.78, 5) is 17.2. The molecule has 3 aromatic rings. The predicted molar refractivity (Wildman–Crippen MR) is 101 cm³/mol. The number of sulfone groups is 1. The van der Waals surface area contributed by atoms with Crippen molar-refractivity contribution in [2.24, 2.45) is 0 Å². The number of halogens is 1. The summed E-state index contributed by atoms with van der Waals surface area (Å²) in [5, 5.41) is 6.80. The molecule has 0 fully saturated rings. The standard InChI is InChI=1S/C17H15FN2O3S3/c18-14-5-2-1-4-12(14)8-19-16(21)11-26(22,23)10-13-9-25-17(20-13)15-6-3-7-24-15/h1-7,9H,8,10-11H2,(H,19,21). The lowest BCUT2D eigenvalue weighted by Gasteiger charge is -2.06. The maximum atomic E-state index is 13.5. The Labute approximate surface area is 158 Å². The van der Waals surface area contributed by atoms with Crippen LogP contribution in [0, 0.1) is 5.82 Å². The Hall–Kier alpha value is -2.10. The van der Waals surface area contributed by atoms with E-state index in [9.17, 15) is 17.6 Å². The molecule has 5 nitrogen and oxygen atoms in total. The van der Waals surface area contributed by atoms with Gasteiger partial charge >= 0.3 is 0 Å². The fraction of sp³-hybridized carbons (Fsp3) is 0.176. The number of thiazole rings is 1. The minimum absolute atomic E-state index is 0.0553. The summed E-state index contributed by atoms with van der Waals surface area (Å²) in [7, 11) is -3.66. The zero-order valence-corrected chi connectivity index (χ0v) is 16.0. The third kappa shape index (κ3) is 4.96. The van der Waals surface area contributed by atoms with E-state index in [0.29, 0.717) is 11.3 Å². The summed E-state index contributed by atoms with van der Waals surface area (Å²) in [5.41, 5.74) is 0.721. The number of rotatable bonds is 7. The smallest absolute Gasteiger partial charge is 0.235 e. The van der Waals surface area contributed by atoms with E-state index in [4.69, 9.17) is 0 Å². The number of benzene rings is 1. The van der Waals surface area contributed by atoms with Crippen LogP contribution < -0.4 is 5.32 Å². The lowest BCUT2D eigenvalue weighted by Crippen LogP contribution is -2.30. The van der Waals surface area contributed by atoms with E-state index in [-0.39, 0.29) is 12.3 Å². The molecule has 26 heavy (non-hydrogen) atoms. The number of carbonyl (C=O) groups is 1. The molecule has 0 saturated carbocycles. The van der Waals surface area contributed by atoms with Crippen LogP contribution in [-0.4, -0.2) is 25.1 Å². The topological polar surface area (TPSA) is 76.1 Å². The van der Waals surface area contributed by atoms with Crippen LogP contribution in [0.15, 0.2) is 47.2 Å². The van der Waals surface area contributed by atoms with Gasteiger partial charge in [-0.3, -0.25) is 4.79 Å². The molecule has 1 aromatic carbocycles. The molecule has 0 aliphatic carbocycles. The lowest BCUT2D eigenvalue weighted by atomic mass is 10.2. The molecule has 9 heteroatoms. The average Bonchev–Trinajstić information content (AvgIpc) is 3.24. The monoisotopic (exact) mass is 410 g/mol. The van der Waals surface area contributed by atoms with E-state index in [1.807, 2.05) is 17.5 Å². The quantitative estimate of drug-likeness (QED) is 0.649. The molecule has 0 spiro atoms. The van der Waals surface area contributed by atoms with Crippen molar-refractivity contribution in [2.75, 3.05) is 5.75 Å². The van der Waals surface area contributed by atoms with Gasteiger partial charge in [-0.1, -0.05) is 24.3 Å². The largest absolute Gasteiger partial charge is 0.351 e. The van der Waals surface area contributed by atoms with E-state index in [1.165, 1.54) is 34.8 Å². The highest BCUT2D eigenvalue weighted by molar-refractivity contribution is 7.91. The first kappa shape index (κ1) is 18.7. The highest BCUT2D eigenvalue weighted by atomic mass is 32.2. The van der Waals surface area contributed by atoms with Gasteiger partial charge in [-0.25, -0.2) is 17.8 Å². The number of nitrogens with one attached hydrogen (secondary N) is 1. The molecule has 0 saturated heterocycles. The van der Waals surface area contributed by atoms with Crippen molar-refractivity contribution in [3.05, 3.63) is 64.2 Å². The molecule has 3 rings (SSSR count). The zero-order chi connectivity index (χ0) is 18.6. The number of nitrogens with zero attached hydrogens (tertiary/aromatic N) is 1. The highest BCUT2D eigenvalue weighted by Crippen LogP contribution is 2.28. The molecular weight excluding hydrogens is 395 g/mol. The summed E-state index contributed by atoms with van der Waals surface area (Å²) >= 11 is 2.90. The van der Waals surface area contributed by atoms with Gasteiger partial charge in [-0.2, -0.15) is 0 Å². The fourth-order valence-electron chi connectivity index (χ4n) is 2.25. The zero-order valence-electron chi connectivity index (χ0n) is 13.5. The summed E-state index contributed by atoms with van der Waals surface area (Å²) in [5.74, 6) is -2.07. The number of thiophene rings is 1. The van der Waals surface area contributed by atoms with Gasteiger partial charge in [0.1, 0.15) is 16.6 Å². The van der Waals surface area contributed by atoms with Crippen LogP contribution in [0.1, 0.15) is 11.3 Å². The third-order valence-electron chi connectivity index (χ3n) is 3.44. The minimum atomic E-state index is -3.66. The summed E-state index contributed by atoms with van der Waals surface area (Å²) < 4.78 is 37.9. The van der Waals surface area contributed by atoms with E-state index >= 15 is 0 Å². The second kappa shape index (κ2) is 8.07. The van der Waals surface area contributed by atoms with Gasteiger partial charge in [0.15, 0.2) is 9.84 Å². The van der Waals surface area contributed by atoms with E-state index < -0.39 is 27.3 Å². The van der Waals surface area contributed by atoms with Crippen molar-refractivity contribution in [3.63, 3.8) is 0 Å². The Balaban J connectivity index is 1.57. The molecule has 0 unspecified atom stereocenters. The Morgan fingerprint density at radius 2 is 1.96 bits per heavy atom. The molecule has 0 bridgehead atoms.